The van der Waals surface area contributed by atoms with Gasteiger partial charge in [-0.15, -0.1) is 0 Å². The average Bonchev–Trinajstić information content (AvgIpc) is 3.01. The summed E-state index contributed by atoms with van der Waals surface area (Å²) in [6, 6.07) is 19.5. The molecule has 0 aliphatic heterocycles. The molecule has 0 aliphatic carbocycles. The van der Waals surface area contributed by atoms with Crippen LogP contribution in [0.1, 0.15) is 51.2 Å². The summed E-state index contributed by atoms with van der Waals surface area (Å²) in [5, 5.41) is 2.94. The lowest BCUT2D eigenvalue weighted by Gasteiger charge is -2.33. The summed E-state index contributed by atoms with van der Waals surface area (Å²) in [6.45, 7) is 8.18. The number of nitrogens with one attached hydrogen (secondary N) is 1. The molecule has 2 amide bonds. The Morgan fingerprint density at radius 3 is 2.07 bits per heavy atom. The molecule has 0 bridgehead atoms. The number of unbranched alkanes of at least 4 members (excludes halogenated alkanes) is 1. The van der Waals surface area contributed by atoms with Crippen molar-refractivity contribution in [2.45, 2.75) is 64.4 Å². The van der Waals surface area contributed by atoms with E-state index in [0.29, 0.717) is 36.8 Å². The monoisotopic (exact) mass is 609 g/mol. The van der Waals surface area contributed by atoms with Crippen molar-refractivity contribution in [3.8, 4) is 11.5 Å². The van der Waals surface area contributed by atoms with Gasteiger partial charge in [-0.05, 0) is 80.8 Å². The van der Waals surface area contributed by atoms with Crippen molar-refractivity contribution in [2.75, 3.05) is 31.1 Å². The van der Waals surface area contributed by atoms with Gasteiger partial charge in [0.25, 0.3) is 10.0 Å². The zero-order valence-corrected chi connectivity index (χ0v) is 26.5. The largest absolute Gasteiger partial charge is 0.497 e. The molecule has 0 spiro atoms. The molecule has 9 nitrogen and oxygen atoms in total. The Labute approximate surface area is 255 Å². The number of benzene rings is 3. The van der Waals surface area contributed by atoms with Gasteiger partial charge in [0, 0.05) is 13.1 Å². The topological polar surface area (TPSA) is 105 Å². The van der Waals surface area contributed by atoms with Crippen molar-refractivity contribution in [3.63, 3.8) is 0 Å². The van der Waals surface area contributed by atoms with Crippen molar-refractivity contribution in [1.29, 1.82) is 0 Å². The van der Waals surface area contributed by atoms with Crippen LogP contribution in [0.3, 0.4) is 0 Å². The van der Waals surface area contributed by atoms with Gasteiger partial charge < -0.3 is 19.7 Å². The average molecular weight is 610 g/mol. The molecule has 1 N–H and O–H groups in total. The Bertz CT molecular complexity index is 1420. The minimum Gasteiger partial charge on any atom is -0.497 e. The molecule has 3 rings (SSSR count). The second-order valence-electron chi connectivity index (χ2n) is 10.2. The highest BCUT2D eigenvalue weighted by Gasteiger charge is 2.33. The van der Waals surface area contributed by atoms with Crippen LogP contribution in [0.25, 0.3) is 0 Å². The third-order valence-electron chi connectivity index (χ3n) is 7.05. The first kappa shape index (κ1) is 33.5. The molecule has 232 valence electrons. The van der Waals surface area contributed by atoms with Crippen LogP contribution in [0.2, 0.25) is 0 Å². The van der Waals surface area contributed by atoms with Crippen molar-refractivity contribution in [1.82, 2.24) is 10.2 Å². The number of hydrogen-bond donors (Lipinski definition) is 1. The quantitative estimate of drug-likeness (QED) is 0.221. The number of carbonyl (C=O) groups is 2. The van der Waals surface area contributed by atoms with E-state index >= 15 is 0 Å². The van der Waals surface area contributed by atoms with E-state index < -0.39 is 28.5 Å². The lowest BCUT2D eigenvalue weighted by Crippen LogP contribution is -2.52. The molecule has 3 aromatic rings. The predicted molar refractivity (Wildman–Crippen MR) is 169 cm³/mol. The van der Waals surface area contributed by atoms with Gasteiger partial charge in [0.15, 0.2) is 0 Å². The van der Waals surface area contributed by atoms with E-state index in [0.717, 1.165) is 28.3 Å². The summed E-state index contributed by atoms with van der Waals surface area (Å²) in [5.74, 6) is 0.475. The molecule has 0 aromatic heterocycles. The maximum atomic E-state index is 14.2. The normalized spacial score (nSPS) is 11.8. The van der Waals surface area contributed by atoms with E-state index in [1.165, 1.54) is 17.0 Å². The number of sulfonamides is 1. The maximum absolute atomic E-state index is 14.2. The first-order valence-electron chi connectivity index (χ1n) is 14.7. The Balaban J connectivity index is 2.03. The highest BCUT2D eigenvalue weighted by Crippen LogP contribution is 2.27. The number of carbonyl (C=O) groups excluding carboxylic acids is 2. The molecule has 10 heteroatoms. The number of aryl methyl sites for hydroxylation is 1. The van der Waals surface area contributed by atoms with E-state index in [-0.39, 0.29) is 17.3 Å². The fourth-order valence-electron chi connectivity index (χ4n) is 4.59. The van der Waals surface area contributed by atoms with Crippen LogP contribution < -0.4 is 19.1 Å². The van der Waals surface area contributed by atoms with Gasteiger partial charge >= 0.3 is 0 Å². The van der Waals surface area contributed by atoms with Crippen LogP contribution in [-0.2, 0) is 26.2 Å². The SMILES string of the molecule is CCCCNC(=O)[C@@H](CC)N(Cc1ccc(OC)cc1)C(=O)CN(c1ccc(OCC)cc1)S(=O)(=O)c1ccc(C)cc1. The Morgan fingerprint density at radius 2 is 1.51 bits per heavy atom. The lowest BCUT2D eigenvalue weighted by atomic mass is 10.1. The van der Waals surface area contributed by atoms with E-state index in [1.54, 1.807) is 55.6 Å². The van der Waals surface area contributed by atoms with Crippen molar-refractivity contribution in [2.24, 2.45) is 0 Å². The third kappa shape index (κ3) is 8.97. The maximum Gasteiger partial charge on any atom is 0.264 e. The Morgan fingerprint density at radius 1 is 0.884 bits per heavy atom. The predicted octanol–water partition coefficient (Wildman–Crippen LogP) is 5.32. The van der Waals surface area contributed by atoms with Crippen LogP contribution in [-0.4, -0.2) is 58.0 Å². The molecular weight excluding hydrogens is 566 g/mol. The van der Waals surface area contributed by atoms with Crippen LogP contribution >= 0.6 is 0 Å². The molecule has 1 atom stereocenters. The number of rotatable bonds is 16. The summed E-state index contributed by atoms with van der Waals surface area (Å²) >= 11 is 0. The van der Waals surface area contributed by atoms with Crippen LogP contribution in [0.15, 0.2) is 77.7 Å². The second-order valence-corrected chi connectivity index (χ2v) is 12.1. The molecule has 0 unspecified atom stereocenters. The lowest BCUT2D eigenvalue weighted by molar-refractivity contribution is -0.140. The van der Waals surface area contributed by atoms with E-state index in [1.807, 2.05) is 39.8 Å². The van der Waals surface area contributed by atoms with Crippen molar-refractivity contribution >= 4 is 27.5 Å². The van der Waals surface area contributed by atoms with Crippen molar-refractivity contribution in [3.05, 3.63) is 83.9 Å². The van der Waals surface area contributed by atoms with Gasteiger partial charge in [-0.25, -0.2) is 8.42 Å². The molecule has 43 heavy (non-hydrogen) atoms. The highest BCUT2D eigenvalue weighted by molar-refractivity contribution is 7.92. The fraction of sp³-hybridized carbons (Fsp3) is 0.394. The van der Waals surface area contributed by atoms with Crippen LogP contribution in [0, 0.1) is 6.92 Å². The Hall–Kier alpha value is -4.05. The van der Waals surface area contributed by atoms with Gasteiger partial charge in [-0.1, -0.05) is 50.1 Å². The van der Waals surface area contributed by atoms with Gasteiger partial charge in [-0.3, -0.25) is 13.9 Å². The minimum atomic E-state index is -4.15. The number of anilines is 1. The van der Waals surface area contributed by atoms with Gasteiger partial charge in [0.1, 0.15) is 24.1 Å². The van der Waals surface area contributed by atoms with Gasteiger partial charge in [0.05, 0.1) is 24.3 Å². The van der Waals surface area contributed by atoms with Crippen molar-refractivity contribution < 1.29 is 27.5 Å². The number of hydrogen-bond acceptors (Lipinski definition) is 6. The smallest absolute Gasteiger partial charge is 0.264 e. The van der Waals surface area contributed by atoms with E-state index in [9.17, 15) is 18.0 Å². The summed E-state index contributed by atoms with van der Waals surface area (Å²) in [7, 11) is -2.58. The molecule has 0 saturated carbocycles. The summed E-state index contributed by atoms with van der Waals surface area (Å²) in [4.78, 5) is 29.0. The number of amides is 2. The molecule has 0 saturated heterocycles. The summed E-state index contributed by atoms with van der Waals surface area (Å²) in [6.07, 6.45) is 2.09. The summed E-state index contributed by atoms with van der Waals surface area (Å²) < 4.78 is 39.9. The summed E-state index contributed by atoms with van der Waals surface area (Å²) in [5.41, 5.74) is 2.00. The highest BCUT2D eigenvalue weighted by atomic mass is 32.2. The Kier molecular flexibility index (Phi) is 12.4. The molecule has 0 aliphatic rings. The standard InChI is InChI=1S/C33H43N3O6S/c1-6-9-22-34-33(38)31(7-2)35(23-26-12-16-28(41-5)17-13-26)32(37)24-36(27-14-18-29(19-15-27)42-8-3)43(39,40)30-20-10-25(4)11-21-30/h10-21,31H,6-9,22-24H2,1-5H3,(H,34,38)/t31-/m1/s1. The van der Waals surface area contributed by atoms with Gasteiger partial charge in [-0.2, -0.15) is 0 Å². The first-order chi connectivity index (χ1) is 20.6. The minimum absolute atomic E-state index is 0.0610. The zero-order valence-electron chi connectivity index (χ0n) is 25.7. The molecular formula is C33H43N3O6S. The van der Waals surface area contributed by atoms with Gasteiger partial charge in [0.2, 0.25) is 11.8 Å². The van der Waals surface area contributed by atoms with Crippen LogP contribution in [0.4, 0.5) is 5.69 Å². The first-order valence-corrected chi connectivity index (χ1v) is 16.1. The number of nitrogens with zero attached hydrogens (tertiary/aromatic N) is 2. The van der Waals surface area contributed by atoms with Crippen LogP contribution in [0.5, 0.6) is 11.5 Å². The second kappa shape index (κ2) is 16.0. The van der Waals surface area contributed by atoms with E-state index in [2.05, 4.69) is 5.32 Å². The zero-order chi connectivity index (χ0) is 31.4. The molecule has 3 aromatic carbocycles. The molecule has 0 heterocycles. The molecule has 0 fully saturated rings. The third-order valence-corrected chi connectivity index (χ3v) is 8.84. The number of methoxy groups -OCH3 is 1. The number of ether oxygens (including phenoxy) is 2. The van der Waals surface area contributed by atoms with E-state index in [4.69, 9.17) is 9.47 Å². The fourth-order valence-corrected chi connectivity index (χ4v) is 6.01. The molecule has 0 radical (unpaired) electrons.